The third-order valence-corrected chi connectivity index (χ3v) is 6.02. The van der Waals surface area contributed by atoms with Crippen LogP contribution >= 0.6 is 0 Å². The lowest BCUT2D eigenvalue weighted by Crippen LogP contribution is -2.55. The van der Waals surface area contributed by atoms with Crippen molar-refractivity contribution in [2.24, 2.45) is 11.3 Å². The summed E-state index contributed by atoms with van der Waals surface area (Å²) in [6.07, 6.45) is 3.26. The Morgan fingerprint density at radius 3 is 2.42 bits per heavy atom. The maximum atomic E-state index is 13.2. The highest BCUT2D eigenvalue weighted by Crippen LogP contribution is 2.47. The van der Waals surface area contributed by atoms with Crippen LogP contribution in [0.15, 0.2) is 24.3 Å². The van der Waals surface area contributed by atoms with E-state index in [0.717, 1.165) is 18.4 Å². The Morgan fingerprint density at radius 2 is 1.88 bits per heavy atom. The summed E-state index contributed by atoms with van der Waals surface area (Å²) >= 11 is 0. The van der Waals surface area contributed by atoms with Crippen molar-refractivity contribution in [2.75, 3.05) is 6.61 Å². The number of nitrogens with zero attached hydrogens (tertiary/aromatic N) is 1. The largest absolute Gasteiger partial charge is 0.480 e. The molecule has 0 radical (unpaired) electrons. The average molecular weight is 359 g/mol. The lowest BCUT2D eigenvalue weighted by molar-refractivity contribution is -0.144. The Hall–Kier alpha value is -1.88. The predicted molar refractivity (Wildman–Crippen MR) is 98.9 cm³/mol. The molecule has 1 saturated heterocycles. The lowest BCUT2D eigenvalue weighted by Gasteiger charge is -2.46. The number of carbonyl (C=O) groups is 2. The molecule has 0 aromatic heterocycles. The first-order valence-electron chi connectivity index (χ1n) is 9.41. The fourth-order valence-electron chi connectivity index (χ4n) is 4.41. The van der Waals surface area contributed by atoms with Gasteiger partial charge in [-0.15, -0.1) is 0 Å². The summed E-state index contributed by atoms with van der Waals surface area (Å²) in [5.74, 6) is -0.690. The van der Waals surface area contributed by atoms with Crippen LogP contribution in [0.1, 0.15) is 62.4 Å². The van der Waals surface area contributed by atoms with Gasteiger partial charge in [-0.1, -0.05) is 38.5 Å². The minimum absolute atomic E-state index is 0.0626. The van der Waals surface area contributed by atoms with Crippen LogP contribution in [0.4, 0.5) is 0 Å². The number of carboxylic acids is 1. The van der Waals surface area contributed by atoms with Crippen molar-refractivity contribution in [1.29, 1.82) is 0 Å². The molecule has 5 heteroatoms. The Bertz CT molecular complexity index is 698. The van der Waals surface area contributed by atoms with Crippen molar-refractivity contribution in [3.05, 3.63) is 35.4 Å². The fraction of sp³-hybridized carbons (Fsp3) is 0.619. The first-order chi connectivity index (χ1) is 12.1. The SMILES string of the molecule is Cc1cccc(C(=O)N2[C@H](C(=O)O)COC23CCC(C(C)(C)C)CC3)c1. The van der Waals surface area contributed by atoms with Gasteiger partial charge < -0.3 is 9.84 Å². The van der Waals surface area contributed by atoms with Gasteiger partial charge in [0.2, 0.25) is 0 Å². The van der Waals surface area contributed by atoms with Crippen molar-refractivity contribution < 1.29 is 19.4 Å². The van der Waals surface area contributed by atoms with Gasteiger partial charge >= 0.3 is 5.97 Å². The summed E-state index contributed by atoms with van der Waals surface area (Å²) < 4.78 is 6.03. The summed E-state index contributed by atoms with van der Waals surface area (Å²) in [5.41, 5.74) is 0.927. The molecule has 1 aliphatic carbocycles. The minimum Gasteiger partial charge on any atom is -0.480 e. The molecule has 1 amide bonds. The normalized spacial score (nSPS) is 29.2. The van der Waals surface area contributed by atoms with Gasteiger partial charge in [-0.05, 0) is 56.1 Å². The second-order valence-corrected chi connectivity index (χ2v) is 8.80. The predicted octanol–water partition coefficient (Wildman–Crippen LogP) is 3.85. The van der Waals surface area contributed by atoms with Gasteiger partial charge in [0.15, 0.2) is 6.04 Å². The van der Waals surface area contributed by atoms with Crippen LogP contribution in [0.25, 0.3) is 0 Å². The number of carboxylic acid groups (broad SMARTS) is 1. The molecule has 1 spiro atoms. The molecule has 1 N–H and O–H groups in total. The molecule has 3 rings (SSSR count). The number of ether oxygens (including phenoxy) is 1. The summed E-state index contributed by atoms with van der Waals surface area (Å²) in [6.45, 7) is 8.70. The van der Waals surface area contributed by atoms with E-state index in [4.69, 9.17) is 4.74 Å². The summed E-state index contributed by atoms with van der Waals surface area (Å²) in [4.78, 5) is 26.6. The smallest absolute Gasteiger partial charge is 0.328 e. The van der Waals surface area contributed by atoms with Crippen molar-refractivity contribution in [3.63, 3.8) is 0 Å². The van der Waals surface area contributed by atoms with Crippen LogP contribution in [0.3, 0.4) is 0 Å². The van der Waals surface area contributed by atoms with Crippen molar-refractivity contribution >= 4 is 11.9 Å². The van der Waals surface area contributed by atoms with Gasteiger partial charge in [0.1, 0.15) is 5.72 Å². The van der Waals surface area contributed by atoms with E-state index in [1.165, 1.54) is 4.90 Å². The number of amides is 1. The third-order valence-electron chi connectivity index (χ3n) is 6.02. The van der Waals surface area contributed by atoms with Crippen LogP contribution < -0.4 is 0 Å². The fourth-order valence-corrected chi connectivity index (χ4v) is 4.41. The number of carbonyl (C=O) groups excluding carboxylic acids is 1. The first-order valence-corrected chi connectivity index (χ1v) is 9.41. The van der Waals surface area contributed by atoms with Crippen LogP contribution in [0.5, 0.6) is 0 Å². The van der Waals surface area contributed by atoms with Crippen LogP contribution in [0, 0.1) is 18.3 Å². The average Bonchev–Trinajstić information content (AvgIpc) is 2.92. The molecule has 2 aliphatic rings. The Labute approximate surface area is 155 Å². The van der Waals surface area contributed by atoms with Gasteiger partial charge in [-0.3, -0.25) is 9.69 Å². The zero-order chi connectivity index (χ0) is 19.1. The summed E-state index contributed by atoms with van der Waals surface area (Å²) in [5, 5.41) is 9.66. The minimum atomic E-state index is -0.999. The second kappa shape index (κ2) is 6.69. The number of benzene rings is 1. The van der Waals surface area contributed by atoms with Gasteiger partial charge in [0, 0.05) is 5.56 Å². The van der Waals surface area contributed by atoms with Crippen LogP contribution in [0.2, 0.25) is 0 Å². The highest BCUT2D eigenvalue weighted by atomic mass is 16.5. The van der Waals surface area contributed by atoms with E-state index in [1.807, 2.05) is 25.1 Å². The molecule has 1 aliphatic heterocycles. The van der Waals surface area contributed by atoms with E-state index in [-0.39, 0.29) is 17.9 Å². The Morgan fingerprint density at radius 1 is 1.23 bits per heavy atom. The van der Waals surface area contributed by atoms with Crippen LogP contribution in [-0.2, 0) is 9.53 Å². The summed E-state index contributed by atoms with van der Waals surface area (Å²) in [6, 6.07) is 6.40. The molecule has 1 atom stereocenters. The molecule has 0 unspecified atom stereocenters. The molecule has 1 saturated carbocycles. The van der Waals surface area contributed by atoms with Gasteiger partial charge in [0.05, 0.1) is 6.61 Å². The van der Waals surface area contributed by atoms with Gasteiger partial charge in [0.25, 0.3) is 5.91 Å². The number of aliphatic carboxylic acids is 1. The zero-order valence-electron chi connectivity index (χ0n) is 16.1. The van der Waals surface area contributed by atoms with E-state index in [1.54, 1.807) is 6.07 Å². The maximum absolute atomic E-state index is 13.2. The van der Waals surface area contributed by atoms with Gasteiger partial charge in [-0.2, -0.15) is 0 Å². The Balaban J connectivity index is 1.90. The van der Waals surface area contributed by atoms with E-state index in [9.17, 15) is 14.7 Å². The second-order valence-electron chi connectivity index (χ2n) is 8.80. The zero-order valence-corrected chi connectivity index (χ0v) is 16.1. The first kappa shape index (κ1) is 18.9. The number of hydrogen-bond acceptors (Lipinski definition) is 3. The van der Waals surface area contributed by atoms with E-state index >= 15 is 0 Å². The van der Waals surface area contributed by atoms with Crippen molar-refractivity contribution in [3.8, 4) is 0 Å². The molecule has 5 nitrogen and oxygen atoms in total. The number of hydrogen-bond donors (Lipinski definition) is 1. The topological polar surface area (TPSA) is 66.8 Å². The molecule has 1 aromatic carbocycles. The number of rotatable bonds is 2. The molecular formula is C21H29NO4. The van der Waals surface area contributed by atoms with Crippen molar-refractivity contribution in [1.82, 2.24) is 4.90 Å². The Kier molecular flexibility index (Phi) is 4.86. The highest BCUT2D eigenvalue weighted by molar-refractivity contribution is 5.97. The van der Waals surface area contributed by atoms with E-state index < -0.39 is 17.7 Å². The summed E-state index contributed by atoms with van der Waals surface area (Å²) in [7, 11) is 0. The maximum Gasteiger partial charge on any atom is 0.328 e. The molecule has 1 aromatic rings. The standard InChI is InChI=1S/C21H29NO4/c1-14-6-5-7-15(12-14)18(23)22-17(19(24)25)13-26-21(22)10-8-16(9-11-21)20(2,3)4/h5-7,12,16-17H,8-11,13H2,1-4H3,(H,24,25)/t16?,17-,21?/m0/s1. The van der Waals surface area contributed by atoms with E-state index in [0.29, 0.717) is 24.3 Å². The molecule has 1 heterocycles. The highest BCUT2D eigenvalue weighted by Gasteiger charge is 2.54. The monoisotopic (exact) mass is 359 g/mol. The lowest BCUT2D eigenvalue weighted by atomic mass is 9.70. The van der Waals surface area contributed by atoms with E-state index in [2.05, 4.69) is 20.8 Å². The molecule has 0 bridgehead atoms. The molecule has 2 fully saturated rings. The van der Waals surface area contributed by atoms with Crippen LogP contribution in [-0.4, -0.2) is 40.3 Å². The quantitative estimate of drug-likeness (QED) is 0.871. The number of aryl methyl sites for hydroxylation is 1. The molecular weight excluding hydrogens is 330 g/mol. The molecule has 26 heavy (non-hydrogen) atoms. The third kappa shape index (κ3) is 3.37. The van der Waals surface area contributed by atoms with Crippen molar-refractivity contribution in [2.45, 2.75) is 65.1 Å². The molecule has 142 valence electrons. The van der Waals surface area contributed by atoms with Gasteiger partial charge in [-0.25, -0.2) is 4.79 Å².